The van der Waals surface area contributed by atoms with Crippen molar-refractivity contribution >= 4 is 5.97 Å². The first-order valence-corrected chi connectivity index (χ1v) is 10.2. The van der Waals surface area contributed by atoms with Crippen molar-refractivity contribution in [3.63, 3.8) is 0 Å². The smallest absolute Gasteiger partial charge is 0.333 e. The van der Waals surface area contributed by atoms with Crippen LogP contribution < -0.4 is 0 Å². The number of carbonyl (C=O) groups excluding carboxylic acids is 1. The summed E-state index contributed by atoms with van der Waals surface area (Å²) in [6, 6.07) is 13.0. The van der Waals surface area contributed by atoms with Crippen LogP contribution in [0.3, 0.4) is 0 Å². The molecule has 2 aromatic rings. The molecule has 28 heavy (non-hydrogen) atoms. The summed E-state index contributed by atoms with van der Waals surface area (Å²) >= 11 is 0. The molecule has 0 amide bonds. The fraction of sp³-hybridized carbons (Fsp3) is 0.400. The van der Waals surface area contributed by atoms with Gasteiger partial charge in [-0.1, -0.05) is 63.2 Å². The van der Waals surface area contributed by atoms with Gasteiger partial charge >= 0.3 is 5.97 Å². The van der Waals surface area contributed by atoms with E-state index in [4.69, 9.17) is 9.84 Å². The van der Waals surface area contributed by atoms with Crippen molar-refractivity contribution < 1.29 is 14.6 Å². The highest BCUT2D eigenvalue weighted by atomic mass is 16.5. The number of aliphatic hydroxyl groups excluding tert-OH is 1. The van der Waals surface area contributed by atoms with Gasteiger partial charge in [-0.15, -0.1) is 0 Å². The van der Waals surface area contributed by atoms with Crippen LogP contribution in [0.5, 0.6) is 0 Å². The van der Waals surface area contributed by atoms with Crippen LogP contribution in [0, 0.1) is 0 Å². The predicted octanol–water partition coefficient (Wildman–Crippen LogP) is 5.41. The first-order valence-electron chi connectivity index (χ1n) is 10.2. The zero-order valence-electron chi connectivity index (χ0n) is 17.4. The first-order chi connectivity index (χ1) is 13.5. The van der Waals surface area contributed by atoms with Crippen LogP contribution in [0.15, 0.2) is 48.6 Å². The Morgan fingerprint density at radius 2 is 1.61 bits per heavy atom. The number of aliphatic hydroxyl groups is 1. The molecule has 0 bridgehead atoms. The Kier molecular flexibility index (Phi) is 8.46. The third-order valence-corrected chi connectivity index (χ3v) is 4.88. The highest BCUT2D eigenvalue weighted by molar-refractivity contribution is 5.87. The minimum atomic E-state index is -0.359. The van der Waals surface area contributed by atoms with Crippen LogP contribution >= 0.6 is 0 Å². The van der Waals surface area contributed by atoms with Crippen molar-refractivity contribution in [1.29, 1.82) is 0 Å². The fourth-order valence-corrected chi connectivity index (χ4v) is 3.38. The van der Waals surface area contributed by atoms with E-state index in [0.29, 0.717) is 5.57 Å². The number of benzene rings is 2. The number of hydrogen-bond acceptors (Lipinski definition) is 3. The molecule has 0 fully saturated rings. The van der Waals surface area contributed by atoms with E-state index < -0.39 is 0 Å². The van der Waals surface area contributed by atoms with E-state index in [1.807, 2.05) is 0 Å². The average Bonchev–Trinajstić information content (AvgIpc) is 2.70. The SMILES string of the molecule is C=C(C)C(=O)OCc1cc(CCC)ccc1-c1ccc(CCCO)cc1CC. The molecule has 2 aromatic carbocycles. The monoisotopic (exact) mass is 380 g/mol. The maximum absolute atomic E-state index is 11.9. The highest BCUT2D eigenvalue weighted by Gasteiger charge is 2.13. The van der Waals surface area contributed by atoms with Crippen molar-refractivity contribution in [2.75, 3.05) is 6.61 Å². The van der Waals surface area contributed by atoms with Gasteiger partial charge < -0.3 is 9.84 Å². The summed E-state index contributed by atoms with van der Waals surface area (Å²) in [4.78, 5) is 11.9. The van der Waals surface area contributed by atoms with E-state index >= 15 is 0 Å². The Balaban J connectivity index is 2.42. The Morgan fingerprint density at radius 1 is 1.00 bits per heavy atom. The summed E-state index contributed by atoms with van der Waals surface area (Å²) in [5, 5.41) is 9.09. The topological polar surface area (TPSA) is 46.5 Å². The molecular formula is C25H32O3. The minimum Gasteiger partial charge on any atom is -0.457 e. The molecule has 0 heterocycles. The molecule has 0 saturated carbocycles. The maximum Gasteiger partial charge on any atom is 0.333 e. The van der Waals surface area contributed by atoms with E-state index in [0.717, 1.165) is 43.2 Å². The summed E-state index contributed by atoms with van der Waals surface area (Å²) in [7, 11) is 0. The highest BCUT2D eigenvalue weighted by Crippen LogP contribution is 2.30. The third-order valence-electron chi connectivity index (χ3n) is 4.88. The molecule has 0 aliphatic carbocycles. The van der Waals surface area contributed by atoms with Crippen molar-refractivity contribution in [3.8, 4) is 11.1 Å². The number of hydrogen-bond donors (Lipinski definition) is 1. The van der Waals surface area contributed by atoms with Crippen LogP contribution in [0.4, 0.5) is 0 Å². The summed E-state index contributed by atoms with van der Waals surface area (Å²) < 4.78 is 5.47. The van der Waals surface area contributed by atoms with Crippen LogP contribution in [0.25, 0.3) is 11.1 Å². The lowest BCUT2D eigenvalue weighted by Gasteiger charge is -2.16. The second-order valence-corrected chi connectivity index (χ2v) is 7.27. The molecule has 3 nitrogen and oxygen atoms in total. The maximum atomic E-state index is 11.9. The van der Waals surface area contributed by atoms with Gasteiger partial charge in [0.1, 0.15) is 6.61 Å². The van der Waals surface area contributed by atoms with Crippen LogP contribution in [0.1, 0.15) is 55.9 Å². The van der Waals surface area contributed by atoms with Crippen LogP contribution in [-0.2, 0) is 35.4 Å². The molecule has 2 rings (SSSR count). The van der Waals surface area contributed by atoms with Gasteiger partial charge in [0.05, 0.1) is 0 Å². The molecule has 0 aromatic heterocycles. The molecule has 0 atom stereocenters. The number of carbonyl (C=O) groups is 1. The molecule has 1 N–H and O–H groups in total. The molecule has 0 unspecified atom stereocenters. The Morgan fingerprint density at radius 3 is 2.18 bits per heavy atom. The van der Waals surface area contributed by atoms with Gasteiger partial charge in [-0.2, -0.15) is 0 Å². The zero-order valence-corrected chi connectivity index (χ0v) is 17.4. The number of esters is 1. The summed E-state index contributed by atoms with van der Waals surface area (Å²) in [5.74, 6) is -0.359. The molecule has 0 aliphatic heterocycles. The number of rotatable bonds is 10. The second-order valence-electron chi connectivity index (χ2n) is 7.27. The van der Waals surface area contributed by atoms with E-state index in [1.165, 1.54) is 22.3 Å². The Hall–Kier alpha value is -2.39. The standard InChI is InChI=1S/C25H32O3/c1-5-8-19-10-13-24(22(16-19)17-28-25(27)18(3)4)23-12-11-20(9-7-14-26)15-21(23)6-2/h10-13,15-16,26H,3,5-9,14,17H2,1-2,4H3. The molecule has 0 radical (unpaired) electrons. The molecular weight excluding hydrogens is 348 g/mol. The van der Waals surface area contributed by atoms with Gasteiger partial charge in [0.15, 0.2) is 0 Å². The lowest BCUT2D eigenvalue weighted by molar-refractivity contribution is -0.140. The Bertz CT molecular complexity index is 821. The molecule has 3 heteroatoms. The number of ether oxygens (including phenoxy) is 1. The van der Waals surface area contributed by atoms with Crippen LogP contribution in [-0.4, -0.2) is 17.7 Å². The zero-order chi connectivity index (χ0) is 20.5. The average molecular weight is 381 g/mol. The first kappa shape index (κ1) is 21.9. The molecule has 150 valence electrons. The quantitative estimate of drug-likeness (QED) is 0.443. The van der Waals surface area contributed by atoms with Crippen molar-refractivity contribution in [2.45, 2.75) is 59.5 Å². The normalized spacial score (nSPS) is 10.7. The summed E-state index contributed by atoms with van der Waals surface area (Å²) in [6.07, 6.45) is 4.65. The van der Waals surface area contributed by atoms with Gasteiger partial charge in [-0.05, 0) is 66.0 Å². The fourth-order valence-electron chi connectivity index (χ4n) is 3.38. The van der Waals surface area contributed by atoms with Crippen molar-refractivity contribution in [1.82, 2.24) is 0 Å². The van der Waals surface area contributed by atoms with E-state index in [1.54, 1.807) is 6.92 Å². The summed E-state index contributed by atoms with van der Waals surface area (Å²) in [6.45, 7) is 10.1. The van der Waals surface area contributed by atoms with Crippen LogP contribution in [0.2, 0.25) is 0 Å². The minimum absolute atomic E-state index is 0.209. The third kappa shape index (κ3) is 5.80. The van der Waals surface area contributed by atoms with E-state index in [2.05, 4.69) is 56.8 Å². The second kappa shape index (κ2) is 10.8. The lowest BCUT2D eigenvalue weighted by Crippen LogP contribution is -2.06. The van der Waals surface area contributed by atoms with Gasteiger partial charge in [0.25, 0.3) is 0 Å². The van der Waals surface area contributed by atoms with Gasteiger partial charge in [0.2, 0.25) is 0 Å². The molecule has 0 spiro atoms. The van der Waals surface area contributed by atoms with E-state index in [-0.39, 0.29) is 19.2 Å². The van der Waals surface area contributed by atoms with E-state index in [9.17, 15) is 4.79 Å². The largest absolute Gasteiger partial charge is 0.457 e. The van der Waals surface area contributed by atoms with Gasteiger partial charge in [-0.3, -0.25) is 0 Å². The molecule has 0 saturated heterocycles. The predicted molar refractivity (Wildman–Crippen MR) is 115 cm³/mol. The van der Waals surface area contributed by atoms with Gasteiger partial charge in [0, 0.05) is 12.2 Å². The van der Waals surface area contributed by atoms with Crippen molar-refractivity contribution in [3.05, 3.63) is 70.8 Å². The van der Waals surface area contributed by atoms with Crippen molar-refractivity contribution in [2.24, 2.45) is 0 Å². The number of aryl methyl sites for hydroxylation is 3. The molecule has 0 aliphatic rings. The summed E-state index contributed by atoms with van der Waals surface area (Å²) in [5.41, 5.74) is 7.50. The lowest BCUT2D eigenvalue weighted by atomic mass is 9.90. The van der Waals surface area contributed by atoms with Gasteiger partial charge in [-0.25, -0.2) is 4.79 Å². The Labute approximate surface area is 169 Å².